The summed E-state index contributed by atoms with van der Waals surface area (Å²) in [4.78, 5) is 28.8. The van der Waals surface area contributed by atoms with Gasteiger partial charge in [0, 0.05) is 23.6 Å². The third kappa shape index (κ3) is 4.57. The van der Waals surface area contributed by atoms with Crippen LogP contribution in [0.3, 0.4) is 0 Å². The summed E-state index contributed by atoms with van der Waals surface area (Å²) < 4.78 is 11.5. The van der Waals surface area contributed by atoms with Gasteiger partial charge in [-0.25, -0.2) is 4.99 Å². The van der Waals surface area contributed by atoms with Crippen LogP contribution in [0.15, 0.2) is 65.7 Å². The van der Waals surface area contributed by atoms with Gasteiger partial charge in [-0.3, -0.25) is 9.59 Å². The zero-order chi connectivity index (χ0) is 24.4. The summed E-state index contributed by atoms with van der Waals surface area (Å²) in [5, 5.41) is 21.9. The molecule has 3 aromatic rings. The molecule has 1 unspecified atom stereocenters. The van der Waals surface area contributed by atoms with Crippen molar-refractivity contribution < 1.29 is 24.2 Å². The molecule has 174 valence electrons. The minimum Gasteiger partial charge on any atom is -0.493 e. The van der Waals surface area contributed by atoms with Crippen LogP contribution in [0.1, 0.15) is 45.8 Å². The first kappa shape index (κ1) is 22.2. The molecule has 0 spiro atoms. The van der Waals surface area contributed by atoms with Gasteiger partial charge in [0.25, 0.3) is 5.91 Å². The number of hydrogen-bond acceptors (Lipinski definition) is 6. The van der Waals surface area contributed by atoms with Gasteiger partial charge in [-0.15, -0.1) is 0 Å². The highest BCUT2D eigenvalue weighted by Crippen LogP contribution is 2.39. The van der Waals surface area contributed by atoms with E-state index in [-0.39, 0.29) is 23.8 Å². The molecule has 8 heteroatoms. The lowest BCUT2D eigenvalue weighted by Gasteiger charge is -2.24. The maximum atomic E-state index is 12.7. The highest BCUT2D eigenvalue weighted by atomic mass is 16.5. The lowest BCUT2D eigenvalue weighted by molar-refractivity contribution is -0.139. The van der Waals surface area contributed by atoms with Gasteiger partial charge in [-0.05, 0) is 54.8 Å². The Morgan fingerprint density at radius 2 is 1.91 bits per heavy atom. The molecule has 0 aliphatic carbocycles. The van der Waals surface area contributed by atoms with Crippen molar-refractivity contribution >= 4 is 23.4 Å². The zero-order valence-corrected chi connectivity index (χ0v) is 18.7. The number of rotatable bonds is 4. The van der Waals surface area contributed by atoms with Crippen LogP contribution in [0.5, 0.6) is 17.2 Å². The molecule has 0 bridgehead atoms. The smallest absolute Gasteiger partial charge is 0.311 e. The summed E-state index contributed by atoms with van der Waals surface area (Å²) in [5.41, 5.74) is 3.15. The van der Waals surface area contributed by atoms with Gasteiger partial charge in [0.15, 0.2) is 0 Å². The minimum absolute atomic E-state index is 0.206. The van der Waals surface area contributed by atoms with Gasteiger partial charge in [0.1, 0.15) is 29.2 Å². The molecule has 2 N–H and O–H groups in total. The first-order chi connectivity index (χ1) is 17.0. The van der Waals surface area contributed by atoms with Crippen LogP contribution >= 0.6 is 0 Å². The van der Waals surface area contributed by atoms with E-state index >= 15 is 0 Å². The fraction of sp³-hybridized carbons (Fsp3) is 0.185. The fourth-order valence-electron chi connectivity index (χ4n) is 4.23. The summed E-state index contributed by atoms with van der Waals surface area (Å²) >= 11 is 0. The Hall–Kier alpha value is -4.64. The molecule has 1 atom stereocenters. The number of amides is 1. The summed E-state index contributed by atoms with van der Waals surface area (Å²) in [6.07, 6.45) is 1.82. The maximum absolute atomic E-state index is 12.7. The molecule has 0 radical (unpaired) electrons. The number of carbonyl (C=O) groups is 2. The molecule has 8 nitrogen and oxygen atoms in total. The topological polar surface area (TPSA) is 121 Å². The standard InChI is InChI=1S/C27H21N3O5/c28-15-18-13-21-20(27(32)33)11-12-34-24(21)14-23(18)35-19-8-5-17(6-9-19)26(31)30-25-10-7-16-3-1-2-4-22(16)29-25/h1-6,8-9,13-14,20H,7,10-12H2,(H,32,33)(H,29,30,31). The Morgan fingerprint density at radius 3 is 2.69 bits per heavy atom. The van der Waals surface area contributed by atoms with Crippen LogP contribution in [0.25, 0.3) is 0 Å². The Morgan fingerprint density at radius 1 is 1.11 bits per heavy atom. The number of nitrogens with one attached hydrogen (secondary N) is 1. The molecule has 2 aliphatic heterocycles. The van der Waals surface area contributed by atoms with E-state index in [1.165, 1.54) is 6.07 Å². The number of carbonyl (C=O) groups excluding carboxylic acids is 1. The fourth-order valence-corrected chi connectivity index (χ4v) is 4.23. The van der Waals surface area contributed by atoms with E-state index in [4.69, 9.17) is 9.47 Å². The Labute approximate surface area is 201 Å². The van der Waals surface area contributed by atoms with Crippen molar-refractivity contribution in [1.82, 2.24) is 5.32 Å². The van der Waals surface area contributed by atoms with Crippen LogP contribution < -0.4 is 14.8 Å². The first-order valence-electron chi connectivity index (χ1n) is 11.2. The van der Waals surface area contributed by atoms with Crippen molar-refractivity contribution in [3.63, 3.8) is 0 Å². The van der Waals surface area contributed by atoms with Crippen LogP contribution in [0.2, 0.25) is 0 Å². The lowest BCUT2D eigenvalue weighted by Crippen LogP contribution is -2.31. The van der Waals surface area contributed by atoms with Crippen LogP contribution in [-0.2, 0) is 11.2 Å². The third-order valence-corrected chi connectivity index (χ3v) is 6.05. The molecule has 2 aliphatic rings. The van der Waals surface area contributed by atoms with Gasteiger partial charge in [0.05, 0.1) is 23.8 Å². The average Bonchev–Trinajstić information content (AvgIpc) is 2.88. The van der Waals surface area contributed by atoms with Crippen molar-refractivity contribution in [3.8, 4) is 23.3 Å². The number of carboxylic acid groups (broad SMARTS) is 1. The molecule has 2 heterocycles. The average molecular weight is 467 g/mol. The number of fused-ring (bicyclic) bond motifs is 2. The molecule has 0 saturated carbocycles. The molecular weight excluding hydrogens is 446 g/mol. The minimum atomic E-state index is -0.954. The van der Waals surface area contributed by atoms with Gasteiger partial charge in [-0.1, -0.05) is 18.2 Å². The van der Waals surface area contributed by atoms with E-state index < -0.39 is 11.9 Å². The van der Waals surface area contributed by atoms with E-state index in [1.54, 1.807) is 30.3 Å². The van der Waals surface area contributed by atoms with Gasteiger partial charge < -0.3 is 19.9 Å². The predicted molar refractivity (Wildman–Crippen MR) is 127 cm³/mol. The number of para-hydroxylation sites is 1. The first-order valence-corrected chi connectivity index (χ1v) is 11.2. The number of aliphatic imine (C=N–C) groups is 1. The summed E-state index contributed by atoms with van der Waals surface area (Å²) in [6, 6.07) is 19.5. The van der Waals surface area contributed by atoms with E-state index in [0.717, 1.165) is 17.7 Å². The lowest BCUT2D eigenvalue weighted by atomic mass is 9.91. The SMILES string of the molecule is N#Cc1cc2c(cc1Oc1ccc(C(=O)NC3=Nc4ccccc4CC3)cc1)OCCC2C(=O)O. The van der Waals surface area contributed by atoms with Crippen LogP contribution in [-0.4, -0.2) is 29.4 Å². The van der Waals surface area contributed by atoms with Crippen molar-refractivity contribution in [2.45, 2.75) is 25.2 Å². The van der Waals surface area contributed by atoms with Gasteiger partial charge >= 0.3 is 5.97 Å². The molecule has 35 heavy (non-hydrogen) atoms. The number of ether oxygens (including phenoxy) is 2. The van der Waals surface area contributed by atoms with Crippen molar-refractivity contribution in [2.75, 3.05) is 6.61 Å². The summed E-state index contributed by atoms with van der Waals surface area (Å²) in [5.74, 6) is -0.249. The number of nitriles is 1. The number of carboxylic acids is 1. The Bertz CT molecular complexity index is 1390. The maximum Gasteiger partial charge on any atom is 0.311 e. The van der Waals surface area contributed by atoms with Crippen molar-refractivity contribution in [1.29, 1.82) is 5.26 Å². The number of amidine groups is 1. The predicted octanol–water partition coefficient (Wildman–Crippen LogP) is 4.71. The number of hydrogen-bond donors (Lipinski definition) is 2. The van der Waals surface area contributed by atoms with Crippen molar-refractivity contribution in [2.24, 2.45) is 4.99 Å². The normalized spacial score (nSPS) is 16.0. The number of aliphatic carboxylic acids is 1. The second-order valence-electron chi connectivity index (χ2n) is 8.29. The zero-order valence-electron chi connectivity index (χ0n) is 18.7. The second kappa shape index (κ2) is 9.31. The van der Waals surface area contributed by atoms with Crippen molar-refractivity contribution in [3.05, 3.63) is 82.9 Å². The molecule has 0 fully saturated rings. The third-order valence-electron chi connectivity index (χ3n) is 6.05. The number of benzene rings is 3. The monoisotopic (exact) mass is 467 g/mol. The second-order valence-corrected chi connectivity index (χ2v) is 8.29. The van der Waals surface area contributed by atoms with Crippen LogP contribution in [0.4, 0.5) is 5.69 Å². The highest BCUT2D eigenvalue weighted by Gasteiger charge is 2.29. The molecule has 0 aromatic heterocycles. The number of nitrogens with zero attached hydrogens (tertiary/aromatic N) is 2. The number of aryl methyl sites for hydroxylation is 1. The quantitative estimate of drug-likeness (QED) is 0.573. The molecular formula is C27H21N3O5. The van der Waals surface area contributed by atoms with E-state index in [1.807, 2.05) is 24.3 Å². The molecule has 1 amide bonds. The van der Waals surface area contributed by atoms with Gasteiger partial charge in [-0.2, -0.15) is 5.26 Å². The largest absolute Gasteiger partial charge is 0.493 e. The Kier molecular flexibility index (Phi) is 5.90. The molecule has 5 rings (SSSR count). The van der Waals surface area contributed by atoms with E-state index in [9.17, 15) is 20.0 Å². The molecule has 0 saturated heterocycles. The van der Waals surface area contributed by atoms with E-state index in [2.05, 4.69) is 16.4 Å². The highest BCUT2D eigenvalue weighted by molar-refractivity contribution is 6.07. The van der Waals surface area contributed by atoms with Crippen LogP contribution in [0, 0.1) is 11.3 Å². The summed E-state index contributed by atoms with van der Waals surface area (Å²) in [7, 11) is 0. The molecule has 3 aromatic carbocycles. The van der Waals surface area contributed by atoms with Gasteiger partial charge in [0.2, 0.25) is 0 Å². The Balaban J connectivity index is 1.31. The summed E-state index contributed by atoms with van der Waals surface area (Å²) in [6.45, 7) is 0.274. The van der Waals surface area contributed by atoms with E-state index in [0.29, 0.717) is 41.3 Å².